The second kappa shape index (κ2) is 4.50. The van der Waals surface area contributed by atoms with Crippen LogP contribution in [-0.4, -0.2) is 18.1 Å². The predicted octanol–water partition coefficient (Wildman–Crippen LogP) is 2.73. The Morgan fingerprint density at radius 3 is 2.82 bits per heavy atom. The van der Waals surface area contributed by atoms with Crippen LogP contribution in [0.25, 0.3) is 10.9 Å². The van der Waals surface area contributed by atoms with E-state index in [2.05, 4.69) is 25.7 Å². The SMILES string of the molecule is COC(=O)c1[nH]c2ccc(Br)cc2c(=O)c1Cl. The van der Waals surface area contributed by atoms with Crippen LogP contribution in [0.4, 0.5) is 0 Å². The maximum Gasteiger partial charge on any atom is 0.356 e. The van der Waals surface area contributed by atoms with Gasteiger partial charge in [-0.05, 0) is 18.2 Å². The maximum absolute atomic E-state index is 11.9. The standard InChI is InChI=1S/C11H7BrClNO3/c1-17-11(16)9-8(13)10(15)6-4-5(12)2-3-7(6)14-9/h2-4H,1H3,(H,14,15). The molecular formula is C11H7BrClNO3. The fourth-order valence-electron chi connectivity index (χ4n) is 1.48. The van der Waals surface area contributed by atoms with Crippen molar-refractivity contribution >= 4 is 44.4 Å². The average molecular weight is 317 g/mol. The summed E-state index contributed by atoms with van der Waals surface area (Å²) in [7, 11) is 1.22. The molecule has 0 unspecified atom stereocenters. The van der Waals surface area contributed by atoms with Gasteiger partial charge in [-0.25, -0.2) is 4.79 Å². The average Bonchev–Trinajstić information content (AvgIpc) is 2.33. The molecule has 0 atom stereocenters. The molecule has 2 rings (SSSR count). The van der Waals surface area contributed by atoms with Crippen LogP contribution in [0.5, 0.6) is 0 Å². The Labute approximate surface area is 110 Å². The molecule has 1 N–H and O–H groups in total. The van der Waals surface area contributed by atoms with Gasteiger partial charge in [0.05, 0.1) is 12.6 Å². The second-order valence-corrected chi connectivity index (χ2v) is 4.62. The Morgan fingerprint density at radius 2 is 2.18 bits per heavy atom. The van der Waals surface area contributed by atoms with E-state index < -0.39 is 11.4 Å². The number of carbonyl (C=O) groups is 1. The highest BCUT2D eigenvalue weighted by molar-refractivity contribution is 9.10. The summed E-state index contributed by atoms with van der Waals surface area (Å²) in [5.74, 6) is -0.670. The summed E-state index contributed by atoms with van der Waals surface area (Å²) in [5.41, 5.74) is 0.0964. The molecule has 0 bridgehead atoms. The van der Waals surface area contributed by atoms with Gasteiger partial charge in [-0.1, -0.05) is 27.5 Å². The van der Waals surface area contributed by atoms with Gasteiger partial charge in [0, 0.05) is 9.86 Å². The molecule has 6 heteroatoms. The molecule has 88 valence electrons. The van der Waals surface area contributed by atoms with E-state index in [1.807, 2.05) is 0 Å². The third-order valence-electron chi connectivity index (χ3n) is 2.29. The predicted molar refractivity (Wildman–Crippen MR) is 68.6 cm³/mol. The van der Waals surface area contributed by atoms with Crippen LogP contribution in [-0.2, 0) is 4.74 Å². The van der Waals surface area contributed by atoms with E-state index in [4.69, 9.17) is 11.6 Å². The van der Waals surface area contributed by atoms with E-state index in [0.717, 1.165) is 4.47 Å². The Balaban J connectivity index is 2.84. The summed E-state index contributed by atoms with van der Waals surface area (Å²) in [5, 5.41) is 0.250. The van der Waals surface area contributed by atoms with Crippen molar-refractivity contribution in [2.24, 2.45) is 0 Å². The number of halogens is 2. The maximum atomic E-state index is 11.9. The number of H-pyrrole nitrogens is 1. The first kappa shape index (κ1) is 12.1. The fraction of sp³-hybridized carbons (Fsp3) is 0.0909. The van der Waals surface area contributed by atoms with Gasteiger partial charge in [-0.2, -0.15) is 0 Å². The summed E-state index contributed by atoms with van der Waals surface area (Å²) >= 11 is 9.10. The Kier molecular flexibility index (Phi) is 3.22. The first-order valence-electron chi connectivity index (χ1n) is 4.64. The minimum atomic E-state index is -0.670. The lowest BCUT2D eigenvalue weighted by Crippen LogP contribution is -2.13. The molecule has 1 aromatic carbocycles. The lowest BCUT2D eigenvalue weighted by molar-refractivity contribution is 0.0594. The van der Waals surface area contributed by atoms with Crippen LogP contribution in [0.2, 0.25) is 5.02 Å². The zero-order valence-electron chi connectivity index (χ0n) is 8.71. The lowest BCUT2D eigenvalue weighted by atomic mass is 10.2. The summed E-state index contributed by atoms with van der Waals surface area (Å²) in [6, 6.07) is 5.08. The Morgan fingerprint density at radius 1 is 1.47 bits per heavy atom. The highest BCUT2D eigenvalue weighted by atomic mass is 79.9. The van der Waals surface area contributed by atoms with Gasteiger partial charge in [0.15, 0.2) is 0 Å². The highest BCUT2D eigenvalue weighted by Gasteiger charge is 2.16. The number of pyridine rings is 1. The number of esters is 1. The van der Waals surface area contributed by atoms with E-state index >= 15 is 0 Å². The molecule has 0 spiro atoms. The van der Waals surface area contributed by atoms with E-state index in [1.165, 1.54) is 7.11 Å². The Hall–Kier alpha value is -1.33. The zero-order valence-corrected chi connectivity index (χ0v) is 11.1. The van der Waals surface area contributed by atoms with Crippen LogP contribution in [0, 0.1) is 0 Å². The molecule has 2 aromatic rings. The summed E-state index contributed by atoms with van der Waals surface area (Å²) in [4.78, 5) is 26.1. The number of hydrogen-bond donors (Lipinski definition) is 1. The van der Waals surface area contributed by atoms with Crippen molar-refractivity contribution < 1.29 is 9.53 Å². The number of aromatic nitrogens is 1. The van der Waals surface area contributed by atoms with Crippen molar-refractivity contribution in [1.29, 1.82) is 0 Å². The fourth-order valence-corrected chi connectivity index (χ4v) is 2.06. The third-order valence-corrected chi connectivity index (χ3v) is 3.15. The topological polar surface area (TPSA) is 59.2 Å². The molecule has 0 aliphatic rings. The zero-order chi connectivity index (χ0) is 12.6. The second-order valence-electron chi connectivity index (χ2n) is 3.32. The number of fused-ring (bicyclic) bond motifs is 1. The minimum Gasteiger partial charge on any atom is -0.464 e. The molecule has 0 saturated heterocycles. The van der Waals surface area contributed by atoms with Gasteiger partial charge in [-0.3, -0.25) is 4.79 Å². The van der Waals surface area contributed by atoms with Crippen LogP contribution in [0.15, 0.2) is 27.5 Å². The molecule has 0 saturated carbocycles. The molecular weight excluding hydrogens is 309 g/mol. The molecule has 1 aromatic heterocycles. The van der Waals surface area contributed by atoms with Crippen molar-refractivity contribution in [1.82, 2.24) is 4.98 Å². The van der Waals surface area contributed by atoms with E-state index in [-0.39, 0.29) is 10.7 Å². The van der Waals surface area contributed by atoms with Gasteiger partial charge in [0.25, 0.3) is 0 Å². The Bertz CT molecular complexity index is 666. The smallest absolute Gasteiger partial charge is 0.356 e. The number of benzene rings is 1. The van der Waals surface area contributed by atoms with Crippen LogP contribution < -0.4 is 5.43 Å². The van der Waals surface area contributed by atoms with Crippen molar-refractivity contribution in [2.75, 3.05) is 7.11 Å². The third kappa shape index (κ3) is 2.08. The summed E-state index contributed by atoms with van der Waals surface area (Å²) in [6.45, 7) is 0. The van der Waals surface area contributed by atoms with Gasteiger partial charge in [0.1, 0.15) is 10.7 Å². The van der Waals surface area contributed by atoms with E-state index in [1.54, 1.807) is 18.2 Å². The number of rotatable bonds is 1. The van der Waals surface area contributed by atoms with Crippen molar-refractivity contribution in [3.8, 4) is 0 Å². The van der Waals surface area contributed by atoms with Crippen molar-refractivity contribution in [2.45, 2.75) is 0 Å². The van der Waals surface area contributed by atoms with Crippen LogP contribution in [0.3, 0.4) is 0 Å². The number of nitrogens with one attached hydrogen (secondary N) is 1. The first-order valence-corrected chi connectivity index (χ1v) is 5.81. The first-order chi connectivity index (χ1) is 8.04. The van der Waals surface area contributed by atoms with Gasteiger partial charge < -0.3 is 9.72 Å². The van der Waals surface area contributed by atoms with Gasteiger partial charge in [-0.15, -0.1) is 0 Å². The quantitative estimate of drug-likeness (QED) is 0.823. The normalized spacial score (nSPS) is 10.5. The monoisotopic (exact) mass is 315 g/mol. The van der Waals surface area contributed by atoms with Gasteiger partial charge >= 0.3 is 5.97 Å². The molecule has 4 nitrogen and oxygen atoms in total. The molecule has 0 aliphatic carbocycles. The van der Waals surface area contributed by atoms with E-state index in [9.17, 15) is 9.59 Å². The number of methoxy groups -OCH3 is 1. The van der Waals surface area contributed by atoms with E-state index in [0.29, 0.717) is 10.9 Å². The molecule has 17 heavy (non-hydrogen) atoms. The van der Waals surface area contributed by atoms with Crippen molar-refractivity contribution in [3.05, 3.63) is 43.6 Å². The summed E-state index contributed by atoms with van der Waals surface area (Å²) < 4.78 is 5.30. The van der Waals surface area contributed by atoms with Crippen LogP contribution in [0.1, 0.15) is 10.5 Å². The molecule has 0 fully saturated rings. The largest absolute Gasteiger partial charge is 0.464 e. The number of carbonyl (C=O) groups excluding carboxylic acids is 1. The summed E-state index contributed by atoms with van der Waals surface area (Å²) in [6.07, 6.45) is 0. The molecule has 0 aliphatic heterocycles. The molecule has 1 heterocycles. The minimum absolute atomic E-state index is 0.0333. The van der Waals surface area contributed by atoms with Crippen LogP contribution >= 0.6 is 27.5 Å². The van der Waals surface area contributed by atoms with Gasteiger partial charge in [0.2, 0.25) is 5.43 Å². The number of ether oxygens (including phenoxy) is 1. The number of aromatic amines is 1. The highest BCUT2D eigenvalue weighted by Crippen LogP contribution is 2.19. The van der Waals surface area contributed by atoms with Crippen molar-refractivity contribution in [3.63, 3.8) is 0 Å². The number of hydrogen-bond acceptors (Lipinski definition) is 3. The molecule has 0 amide bonds. The lowest BCUT2D eigenvalue weighted by Gasteiger charge is -2.05. The molecule has 0 radical (unpaired) electrons.